The van der Waals surface area contributed by atoms with Crippen molar-refractivity contribution in [1.29, 1.82) is 0 Å². The molecule has 270 valence electrons. The summed E-state index contributed by atoms with van der Waals surface area (Å²) in [7, 11) is 3.13. The largest absolute Gasteiger partial charge is 0.464 e. The average molecular weight is 667 g/mol. The van der Waals surface area contributed by atoms with E-state index in [9.17, 15) is 19.8 Å². The van der Waals surface area contributed by atoms with E-state index in [1.807, 2.05) is 58.9 Å². The molecule has 47 heavy (non-hydrogen) atoms. The topological polar surface area (TPSA) is 130 Å². The number of allylic oxidation sites excluding steroid dienone is 3. The second-order valence-corrected chi connectivity index (χ2v) is 13.3. The Balaban J connectivity index is 3.05. The molecule has 13 atom stereocenters. The van der Waals surface area contributed by atoms with Gasteiger partial charge in [0.25, 0.3) is 6.47 Å². The lowest BCUT2D eigenvalue weighted by Crippen LogP contribution is -2.47. The van der Waals surface area contributed by atoms with Crippen molar-refractivity contribution in [2.24, 2.45) is 41.4 Å². The number of cyclic esters (lactones) is 1. The number of hydrogen-bond acceptors (Lipinski definition) is 10. The Morgan fingerprint density at radius 3 is 2.17 bits per heavy atom. The molecule has 1 heterocycles. The monoisotopic (exact) mass is 666 g/mol. The summed E-state index contributed by atoms with van der Waals surface area (Å²) in [5.74, 6) is -1.73. The second-order valence-electron chi connectivity index (χ2n) is 13.3. The maximum Gasteiger partial charge on any atom is 0.311 e. The minimum absolute atomic E-state index is 0.00364. The van der Waals surface area contributed by atoms with Gasteiger partial charge in [-0.3, -0.25) is 9.59 Å². The first-order chi connectivity index (χ1) is 22.2. The van der Waals surface area contributed by atoms with Crippen molar-refractivity contribution in [3.05, 3.63) is 48.6 Å². The molecule has 1 rings (SSSR count). The molecule has 0 amide bonds. The van der Waals surface area contributed by atoms with E-state index in [4.69, 9.17) is 28.4 Å². The lowest BCUT2D eigenvalue weighted by Gasteiger charge is -2.37. The van der Waals surface area contributed by atoms with Crippen molar-refractivity contribution in [2.45, 2.75) is 105 Å². The average Bonchev–Trinajstić information content (AvgIpc) is 3.04. The number of aliphatic hydroxyl groups is 2. The molecular weight excluding hydrogens is 604 g/mol. The van der Waals surface area contributed by atoms with Crippen LogP contribution in [0.2, 0.25) is 0 Å². The van der Waals surface area contributed by atoms with Crippen LogP contribution in [0.15, 0.2) is 48.6 Å². The normalized spacial score (nSPS) is 26.6. The molecular formula is C37H62O10. The van der Waals surface area contributed by atoms with Gasteiger partial charge in [-0.1, -0.05) is 90.2 Å². The predicted octanol–water partition coefficient (Wildman–Crippen LogP) is 5.63. The van der Waals surface area contributed by atoms with E-state index in [-0.39, 0.29) is 55.2 Å². The Hall–Kier alpha value is -2.34. The van der Waals surface area contributed by atoms with Gasteiger partial charge in [-0.05, 0) is 26.2 Å². The molecule has 0 aromatic heterocycles. The summed E-state index contributed by atoms with van der Waals surface area (Å²) in [5, 5.41) is 21.8. The SMILES string of the molecule is C=C/C=C\[C@H](C)[C@H](OC=O)[C@@H](C)[C@H](O)[C@@H](C)C/C(C)=C\[C@H](C)[C@@H](OCOC)[C@@H](C)/C=C\[C@H](C[C@@H]1OC(=O)[C@H](C)[C@@H](O)[C@H]1C)OCOC. The zero-order valence-electron chi connectivity index (χ0n) is 30.2. The molecule has 0 radical (unpaired) electrons. The van der Waals surface area contributed by atoms with Crippen molar-refractivity contribution in [2.75, 3.05) is 27.8 Å². The summed E-state index contributed by atoms with van der Waals surface area (Å²) in [6, 6.07) is 0. The summed E-state index contributed by atoms with van der Waals surface area (Å²) in [5.41, 5.74) is 1.10. The number of ether oxygens (including phenoxy) is 6. The van der Waals surface area contributed by atoms with Crippen molar-refractivity contribution in [3.8, 4) is 0 Å². The molecule has 1 aliphatic rings. The third kappa shape index (κ3) is 14.0. The molecule has 0 bridgehead atoms. The van der Waals surface area contributed by atoms with Crippen LogP contribution in [0.4, 0.5) is 0 Å². The Labute approximate surface area is 283 Å². The van der Waals surface area contributed by atoms with Crippen LogP contribution in [-0.2, 0) is 38.0 Å². The van der Waals surface area contributed by atoms with Crippen molar-refractivity contribution >= 4 is 12.4 Å². The fraction of sp³-hybridized carbons (Fsp3) is 0.730. The van der Waals surface area contributed by atoms with E-state index in [0.29, 0.717) is 19.3 Å². The fourth-order valence-electron chi connectivity index (χ4n) is 6.47. The summed E-state index contributed by atoms with van der Waals surface area (Å²) in [6.07, 6.45) is 9.46. The zero-order valence-corrected chi connectivity index (χ0v) is 30.2. The summed E-state index contributed by atoms with van der Waals surface area (Å²) < 4.78 is 33.5. The van der Waals surface area contributed by atoms with Crippen LogP contribution in [-0.4, -0.2) is 87.1 Å². The summed E-state index contributed by atoms with van der Waals surface area (Å²) >= 11 is 0. The highest BCUT2D eigenvalue weighted by molar-refractivity contribution is 5.73. The number of rotatable bonds is 23. The van der Waals surface area contributed by atoms with Gasteiger partial charge < -0.3 is 38.6 Å². The van der Waals surface area contributed by atoms with Gasteiger partial charge in [0.15, 0.2) is 0 Å². The number of carbonyl (C=O) groups excluding carboxylic acids is 2. The molecule has 0 aromatic rings. The number of aliphatic hydroxyl groups excluding tert-OH is 2. The molecule has 10 heteroatoms. The molecule has 0 aliphatic carbocycles. The Bertz CT molecular complexity index is 1010. The van der Waals surface area contributed by atoms with Crippen LogP contribution >= 0.6 is 0 Å². The number of hydrogen-bond donors (Lipinski definition) is 2. The second kappa shape index (κ2) is 22.3. The third-order valence-corrected chi connectivity index (χ3v) is 9.30. The number of esters is 1. The molecule has 1 fully saturated rings. The van der Waals surface area contributed by atoms with Gasteiger partial charge in [-0.25, -0.2) is 0 Å². The highest BCUT2D eigenvalue weighted by Crippen LogP contribution is 2.31. The van der Waals surface area contributed by atoms with Crippen LogP contribution in [0.3, 0.4) is 0 Å². The first-order valence-electron chi connectivity index (χ1n) is 16.7. The van der Waals surface area contributed by atoms with Crippen molar-refractivity contribution in [3.63, 3.8) is 0 Å². The van der Waals surface area contributed by atoms with Gasteiger partial charge in [0, 0.05) is 50.2 Å². The van der Waals surface area contributed by atoms with Gasteiger partial charge >= 0.3 is 5.97 Å². The maximum absolute atomic E-state index is 12.3. The molecule has 0 aromatic carbocycles. The third-order valence-electron chi connectivity index (χ3n) is 9.30. The first-order valence-corrected chi connectivity index (χ1v) is 16.7. The van der Waals surface area contributed by atoms with Gasteiger partial charge in [-0.2, -0.15) is 0 Å². The van der Waals surface area contributed by atoms with Crippen LogP contribution in [0, 0.1) is 41.4 Å². The molecule has 0 saturated carbocycles. The van der Waals surface area contributed by atoms with Gasteiger partial charge in [0.05, 0.1) is 30.3 Å². The van der Waals surface area contributed by atoms with Crippen LogP contribution in [0.5, 0.6) is 0 Å². The van der Waals surface area contributed by atoms with Crippen molar-refractivity contribution < 1.29 is 48.2 Å². The van der Waals surface area contributed by atoms with E-state index in [1.54, 1.807) is 27.2 Å². The molecule has 10 nitrogen and oxygen atoms in total. The number of methoxy groups -OCH3 is 2. The lowest BCUT2D eigenvalue weighted by atomic mass is 9.81. The first kappa shape index (κ1) is 42.7. The Morgan fingerprint density at radius 1 is 0.957 bits per heavy atom. The zero-order chi connectivity index (χ0) is 35.7. The van der Waals surface area contributed by atoms with Crippen molar-refractivity contribution in [1.82, 2.24) is 0 Å². The van der Waals surface area contributed by atoms with Crippen LogP contribution < -0.4 is 0 Å². The number of carbonyl (C=O) groups is 2. The summed E-state index contributed by atoms with van der Waals surface area (Å²) in [4.78, 5) is 23.5. The standard InChI is InChI=1S/C37H62O10/c1-12-13-14-24(3)36(44-20-38)29(8)33(39)26(5)17-23(2)18-27(6)35(46-22-43-11)25(4)15-16-31(45-21-42-10)19-32-28(7)34(40)30(9)37(41)47-32/h12-16,18,20,24-36,39-40H,1,17,19,21-22H2,2-11H3/b14-13-,16-15-,23-18-/t24-,25-,26-,27-,28-,29-,30+,31+,32-,33+,34-,35-,36-/m0/s1. The van der Waals surface area contributed by atoms with Crippen LogP contribution in [0.1, 0.15) is 68.2 Å². The highest BCUT2D eigenvalue weighted by atomic mass is 16.7. The van der Waals surface area contributed by atoms with E-state index < -0.39 is 42.4 Å². The van der Waals surface area contributed by atoms with E-state index in [1.165, 1.54) is 0 Å². The molecule has 1 aliphatic heterocycles. The van der Waals surface area contributed by atoms with Gasteiger partial charge in [-0.15, -0.1) is 0 Å². The van der Waals surface area contributed by atoms with E-state index >= 15 is 0 Å². The molecule has 2 N–H and O–H groups in total. The molecule has 0 spiro atoms. The smallest absolute Gasteiger partial charge is 0.311 e. The predicted molar refractivity (Wildman–Crippen MR) is 182 cm³/mol. The lowest BCUT2D eigenvalue weighted by molar-refractivity contribution is -0.181. The minimum atomic E-state index is -0.781. The maximum atomic E-state index is 12.3. The minimum Gasteiger partial charge on any atom is -0.464 e. The van der Waals surface area contributed by atoms with Gasteiger partial charge in [0.1, 0.15) is 25.8 Å². The van der Waals surface area contributed by atoms with E-state index in [0.717, 1.165) is 5.57 Å². The fourth-order valence-corrected chi connectivity index (χ4v) is 6.47. The van der Waals surface area contributed by atoms with Gasteiger partial charge in [0.2, 0.25) is 0 Å². The van der Waals surface area contributed by atoms with E-state index in [2.05, 4.69) is 26.5 Å². The Morgan fingerprint density at radius 2 is 1.57 bits per heavy atom. The molecule has 1 saturated heterocycles. The molecule has 0 unspecified atom stereocenters. The summed E-state index contributed by atoms with van der Waals surface area (Å²) in [6.45, 7) is 19.9. The van der Waals surface area contributed by atoms with Crippen LogP contribution in [0.25, 0.3) is 0 Å². The quantitative estimate of drug-likeness (QED) is 0.0465. The Kier molecular flexibility index (Phi) is 20.3. The highest BCUT2D eigenvalue weighted by Gasteiger charge is 2.41.